The molecule has 1 N–H and O–H groups in total. The molecule has 0 aliphatic carbocycles. The number of carbonyl (C=O) groups is 1. The first-order valence-corrected chi connectivity index (χ1v) is 5.06. The number of hydrogen-bond acceptors (Lipinski definition) is 2. The number of rotatable bonds is 2. The Morgan fingerprint density at radius 3 is 2.69 bits per heavy atom. The lowest BCUT2D eigenvalue weighted by Gasteiger charge is -2.04. The molecule has 0 aliphatic heterocycles. The highest BCUT2D eigenvalue weighted by atomic mass is 35.5. The molecular weight excluding hydrogens is 251 g/mol. The smallest absolute Gasteiger partial charge is 0.356 e. The molecule has 0 fully saturated rings. The third-order valence-corrected chi connectivity index (χ3v) is 2.53. The fourth-order valence-corrected chi connectivity index (χ4v) is 1.76. The van der Waals surface area contributed by atoms with Gasteiger partial charge in [-0.3, -0.25) is 0 Å². The summed E-state index contributed by atoms with van der Waals surface area (Å²) in [4.78, 5) is 14.4. The summed E-state index contributed by atoms with van der Waals surface area (Å²) in [6, 6.07) is 4.94. The average Bonchev–Trinajstić information content (AvgIpc) is 2.66. The number of carboxylic acids is 1. The molecule has 2 rings (SSSR count). The summed E-state index contributed by atoms with van der Waals surface area (Å²) in [5, 5.41) is 9.68. The summed E-state index contributed by atoms with van der Waals surface area (Å²) in [7, 11) is 0. The van der Waals surface area contributed by atoms with Crippen LogP contribution in [0.15, 0.2) is 30.7 Å². The van der Waals surface area contributed by atoms with Crippen LogP contribution in [0.3, 0.4) is 0 Å². The van der Waals surface area contributed by atoms with Crippen molar-refractivity contribution >= 4 is 29.2 Å². The number of aromatic nitrogens is 2. The number of halogens is 2. The molecule has 0 bridgehead atoms. The van der Waals surface area contributed by atoms with Crippen LogP contribution in [-0.4, -0.2) is 20.6 Å². The Morgan fingerprint density at radius 1 is 1.38 bits per heavy atom. The van der Waals surface area contributed by atoms with Crippen LogP contribution < -0.4 is 0 Å². The van der Waals surface area contributed by atoms with Crippen molar-refractivity contribution in [3.63, 3.8) is 0 Å². The van der Waals surface area contributed by atoms with Gasteiger partial charge in [-0.1, -0.05) is 23.2 Å². The van der Waals surface area contributed by atoms with Crippen LogP contribution in [0, 0.1) is 0 Å². The van der Waals surface area contributed by atoms with Crippen molar-refractivity contribution in [3.8, 4) is 5.69 Å². The van der Waals surface area contributed by atoms with Crippen molar-refractivity contribution in [2.45, 2.75) is 0 Å². The van der Waals surface area contributed by atoms with Crippen molar-refractivity contribution in [1.29, 1.82) is 0 Å². The number of benzene rings is 1. The van der Waals surface area contributed by atoms with Crippen molar-refractivity contribution in [2.75, 3.05) is 0 Å². The SMILES string of the molecule is O=C(O)c1cn(-c2ccc(Cl)cc2Cl)cn1. The molecule has 0 spiro atoms. The Kier molecular flexibility index (Phi) is 2.85. The molecule has 1 aromatic carbocycles. The molecular formula is C10H6Cl2N2O2. The maximum absolute atomic E-state index is 10.7. The molecule has 2 aromatic rings. The lowest BCUT2D eigenvalue weighted by molar-refractivity contribution is 0.0691. The highest BCUT2D eigenvalue weighted by Crippen LogP contribution is 2.24. The standard InChI is InChI=1S/C10H6Cl2N2O2/c11-6-1-2-9(7(12)3-6)14-4-8(10(15)16)13-5-14/h1-5H,(H,15,16). The van der Waals surface area contributed by atoms with E-state index in [1.54, 1.807) is 18.2 Å². The minimum atomic E-state index is -1.08. The number of carboxylic acid groups (broad SMARTS) is 1. The zero-order valence-corrected chi connectivity index (χ0v) is 9.40. The largest absolute Gasteiger partial charge is 0.476 e. The number of aromatic carboxylic acids is 1. The molecule has 1 heterocycles. The summed E-state index contributed by atoms with van der Waals surface area (Å²) >= 11 is 11.7. The van der Waals surface area contributed by atoms with Crippen LogP contribution >= 0.6 is 23.2 Å². The molecule has 6 heteroatoms. The number of nitrogens with zero attached hydrogens (tertiary/aromatic N) is 2. The van der Waals surface area contributed by atoms with Crippen LogP contribution in [0.4, 0.5) is 0 Å². The first kappa shape index (κ1) is 11.0. The highest BCUT2D eigenvalue weighted by Gasteiger charge is 2.09. The lowest BCUT2D eigenvalue weighted by Crippen LogP contribution is -1.96. The first-order valence-electron chi connectivity index (χ1n) is 4.30. The van der Waals surface area contributed by atoms with Crippen molar-refractivity contribution in [2.24, 2.45) is 0 Å². The third-order valence-electron chi connectivity index (χ3n) is 1.99. The van der Waals surface area contributed by atoms with E-state index in [1.807, 2.05) is 0 Å². The monoisotopic (exact) mass is 256 g/mol. The Morgan fingerprint density at radius 2 is 2.12 bits per heavy atom. The first-order chi connectivity index (χ1) is 7.58. The predicted octanol–water partition coefficient (Wildman–Crippen LogP) is 2.88. The highest BCUT2D eigenvalue weighted by molar-refractivity contribution is 6.35. The van der Waals surface area contributed by atoms with Gasteiger partial charge in [-0.25, -0.2) is 9.78 Å². The lowest BCUT2D eigenvalue weighted by atomic mass is 10.3. The molecule has 0 atom stereocenters. The van der Waals surface area contributed by atoms with Gasteiger partial charge < -0.3 is 9.67 Å². The maximum Gasteiger partial charge on any atom is 0.356 e. The summed E-state index contributed by atoms with van der Waals surface area (Å²) in [5.41, 5.74) is 0.595. The topological polar surface area (TPSA) is 55.1 Å². The fraction of sp³-hybridized carbons (Fsp3) is 0. The Labute approximate surface area is 101 Å². The quantitative estimate of drug-likeness (QED) is 0.899. The van der Waals surface area contributed by atoms with E-state index in [0.717, 1.165) is 0 Å². The number of imidazole rings is 1. The van der Waals surface area contributed by atoms with Gasteiger partial charge in [0.25, 0.3) is 0 Å². The van der Waals surface area contributed by atoms with Gasteiger partial charge in [0.2, 0.25) is 0 Å². The second-order valence-electron chi connectivity index (χ2n) is 3.07. The van der Waals surface area contributed by atoms with E-state index >= 15 is 0 Å². The summed E-state index contributed by atoms with van der Waals surface area (Å²) in [6.45, 7) is 0. The molecule has 0 saturated carbocycles. The minimum absolute atomic E-state index is 0.0361. The van der Waals surface area contributed by atoms with Gasteiger partial charge in [0, 0.05) is 11.2 Å². The summed E-state index contributed by atoms with van der Waals surface area (Å²) < 4.78 is 1.53. The van der Waals surface area contributed by atoms with Gasteiger partial charge >= 0.3 is 5.97 Å². The number of hydrogen-bond donors (Lipinski definition) is 1. The third kappa shape index (κ3) is 2.03. The molecule has 16 heavy (non-hydrogen) atoms. The molecule has 1 aromatic heterocycles. The molecule has 4 nitrogen and oxygen atoms in total. The van der Waals surface area contributed by atoms with Crippen LogP contribution in [0.1, 0.15) is 10.5 Å². The molecule has 0 saturated heterocycles. The van der Waals surface area contributed by atoms with Crippen molar-refractivity contribution in [1.82, 2.24) is 9.55 Å². The fourth-order valence-electron chi connectivity index (χ4n) is 1.26. The van der Waals surface area contributed by atoms with Crippen molar-refractivity contribution < 1.29 is 9.90 Å². The molecule has 0 amide bonds. The second kappa shape index (κ2) is 4.15. The van der Waals surface area contributed by atoms with E-state index in [9.17, 15) is 4.79 Å². The minimum Gasteiger partial charge on any atom is -0.476 e. The van der Waals surface area contributed by atoms with E-state index in [4.69, 9.17) is 28.3 Å². The Bertz CT molecular complexity index is 552. The van der Waals surface area contributed by atoms with Gasteiger partial charge in [-0.05, 0) is 18.2 Å². The van der Waals surface area contributed by atoms with Crippen LogP contribution in [0.25, 0.3) is 5.69 Å². The zero-order valence-electron chi connectivity index (χ0n) is 7.89. The van der Waals surface area contributed by atoms with Gasteiger partial charge in [-0.2, -0.15) is 0 Å². The molecule has 0 radical (unpaired) electrons. The van der Waals surface area contributed by atoms with Crippen LogP contribution in [0.5, 0.6) is 0 Å². The molecule has 82 valence electrons. The molecule has 0 unspecified atom stereocenters. The van der Waals surface area contributed by atoms with E-state index in [-0.39, 0.29) is 5.69 Å². The summed E-state index contributed by atoms with van der Waals surface area (Å²) in [6.07, 6.45) is 2.77. The molecule has 0 aliphatic rings. The Hall–Kier alpha value is -1.52. The average molecular weight is 257 g/mol. The van der Waals surface area contributed by atoms with E-state index in [2.05, 4.69) is 4.98 Å². The van der Waals surface area contributed by atoms with Gasteiger partial charge in [-0.15, -0.1) is 0 Å². The van der Waals surface area contributed by atoms with Gasteiger partial charge in [0.1, 0.15) is 6.33 Å². The van der Waals surface area contributed by atoms with E-state index in [0.29, 0.717) is 15.7 Å². The van der Waals surface area contributed by atoms with E-state index < -0.39 is 5.97 Å². The van der Waals surface area contributed by atoms with Gasteiger partial charge in [0.05, 0.1) is 10.7 Å². The van der Waals surface area contributed by atoms with Crippen molar-refractivity contribution in [3.05, 3.63) is 46.5 Å². The maximum atomic E-state index is 10.7. The van der Waals surface area contributed by atoms with Crippen LogP contribution in [0.2, 0.25) is 10.0 Å². The normalized spacial score (nSPS) is 10.4. The zero-order chi connectivity index (χ0) is 11.7. The Balaban J connectivity index is 2.46. The van der Waals surface area contributed by atoms with E-state index in [1.165, 1.54) is 17.1 Å². The summed E-state index contributed by atoms with van der Waals surface area (Å²) in [5.74, 6) is -1.08. The predicted molar refractivity (Wildman–Crippen MR) is 60.5 cm³/mol. The van der Waals surface area contributed by atoms with Crippen LogP contribution in [-0.2, 0) is 0 Å². The van der Waals surface area contributed by atoms with Gasteiger partial charge in [0.15, 0.2) is 5.69 Å². The second-order valence-corrected chi connectivity index (χ2v) is 3.91.